The second kappa shape index (κ2) is 9.62. The highest BCUT2D eigenvalue weighted by Crippen LogP contribution is 2.35. The number of hydrogen-bond acceptors (Lipinski definition) is 5. The Balaban J connectivity index is 1.32. The number of methoxy groups -OCH3 is 1. The van der Waals surface area contributed by atoms with Crippen molar-refractivity contribution < 1.29 is 23.1 Å². The quantitative estimate of drug-likeness (QED) is 0.692. The van der Waals surface area contributed by atoms with Gasteiger partial charge in [-0.1, -0.05) is 23.7 Å². The highest BCUT2D eigenvalue weighted by Gasteiger charge is 2.38. The number of carbonyl (C=O) groups excluding carboxylic acids is 1. The van der Waals surface area contributed by atoms with Crippen molar-refractivity contribution >= 4 is 27.5 Å². The zero-order valence-electron chi connectivity index (χ0n) is 18.6. The highest BCUT2D eigenvalue weighted by molar-refractivity contribution is 7.89. The number of likely N-dealkylation sites (tertiary alicyclic amines) is 1. The molecular weight excluding hydrogens is 464 g/mol. The van der Waals surface area contributed by atoms with Crippen molar-refractivity contribution in [2.75, 3.05) is 33.3 Å². The predicted molar refractivity (Wildman–Crippen MR) is 126 cm³/mol. The summed E-state index contributed by atoms with van der Waals surface area (Å²) in [5, 5.41) is 11.7. The molecule has 4 rings (SSSR count). The number of aliphatic hydroxyl groups is 1. The lowest BCUT2D eigenvalue weighted by atomic mass is 9.84. The standard InChI is InChI=1S/C24H29ClN2O5S/c1-32-21-6-8-22(9-7-21)33(30,31)27-14-10-18(11-15-27)23(28)26-16-12-24(29,13-17-26)19-2-4-20(25)5-3-19/h2-9,18,29H,10-17H2,1H3. The zero-order valence-corrected chi connectivity index (χ0v) is 20.2. The van der Waals surface area contributed by atoms with Gasteiger partial charge < -0.3 is 14.7 Å². The fraction of sp³-hybridized carbons (Fsp3) is 0.458. The molecule has 2 aromatic rings. The molecule has 2 saturated heterocycles. The minimum Gasteiger partial charge on any atom is -0.497 e. The number of amides is 1. The molecule has 1 N–H and O–H groups in total. The first-order chi connectivity index (χ1) is 15.7. The van der Waals surface area contributed by atoms with Gasteiger partial charge in [0.1, 0.15) is 5.75 Å². The number of benzene rings is 2. The van der Waals surface area contributed by atoms with Crippen LogP contribution in [0.2, 0.25) is 5.02 Å². The number of ether oxygens (including phenoxy) is 1. The molecule has 2 heterocycles. The molecule has 0 saturated carbocycles. The Kier molecular flexibility index (Phi) is 7.00. The van der Waals surface area contributed by atoms with Crippen molar-refractivity contribution in [3.63, 3.8) is 0 Å². The molecule has 2 aliphatic heterocycles. The van der Waals surface area contributed by atoms with E-state index in [1.807, 2.05) is 17.0 Å². The minimum absolute atomic E-state index is 0.0506. The van der Waals surface area contributed by atoms with Crippen molar-refractivity contribution in [3.05, 3.63) is 59.1 Å². The summed E-state index contributed by atoms with van der Waals surface area (Å²) < 4.78 is 32.4. The van der Waals surface area contributed by atoms with E-state index in [1.54, 1.807) is 36.4 Å². The molecule has 0 aromatic heterocycles. The van der Waals surface area contributed by atoms with Gasteiger partial charge in [-0.2, -0.15) is 4.31 Å². The van der Waals surface area contributed by atoms with E-state index in [1.165, 1.54) is 11.4 Å². The fourth-order valence-electron chi connectivity index (χ4n) is 4.64. The third kappa shape index (κ3) is 5.04. The van der Waals surface area contributed by atoms with Gasteiger partial charge >= 0.3 is 0 Å². The molecule has 0 spiro atoms. The van der Waals surface area contributed by atoms with Crippen LogP contribution in [0, 0.1) is 5.92 Å². The normalized spacial score (nSPS) is 19.9. The maximum atomic E-state index is 13.1. The summed E-state index contributed by atoms with van der Waals surface area (Å²) in [6.45, 7) is 1.57. The predicted octanol–water partition coefficient (Wildman–Crippen LogP) is 3.26. The number of carbonyl (C=O) groups is 1. The van der Waals surface area contributed by atoms with Gasteiger partial charge in [-0.3, -0.25) is 4.79 Å². The molecular formula is C24H29ClN2O5S. The topological polar surface area (TPSA) is 87.2 Å². The zero-order chi connectivity index (χ0) is 23.6. The molecule has 7 nitrogen and oxygen atoms in total. The molecule has 0 unspecified atom stereocenters. The van der Waals surface area contributed by atoms with Crippen molar-refractivity contribution in [2.45, 2.75) is 36.2 Å². The van der Waals surface area contributed by atoms with Crippen LogP contribution in [0.5, 0.6) is 5.75 Å². The number of sulfonamides is 1. The third-order valence-electron chi connectivity index (χ3n) is 6.78. The SMILES string of the molecule is COc1ccc(S(=O)(=O)N2CCC(C(=O)N3CCC(O)(c4ccc(Cl)cc4)CC3)CC2)cc1. The summed E-state index contributed by atoms with van der Waals surface area (Å²) in [6, 6.07) is 13.5. The Hall–Kier alpha value is -2.13. The van der Waals surface area contributed by atoms with Crippen LogP contribution < -0.4 is 4.74 Å². The molecule has 9 heteroatoms. The number of halogens is 1. The lowest BCUT2D eigenvalue weighted by Gasteiger charge is -2.40. The first-order valence-electron chi connectivity index (χ1n) is 11.1. The Morgan fingerprint density at radius 3 is 2.12 bits per heavy atom. The van der Waals surface area contributed by atoms with Crippen LogP contribution in [-0.4, -0.2) is 61.9 Å². The van der Waals surface area contributed by atoms with Crippen LogP contribution in [0.3, 0.4) is 0 Å². The Labute approximate surface area is 200 Å². The second-order valence-corrected chi connectivity index (χ2v) is 11.1. The average molecular weight is 493 g/mol. The lowest BCUT2D eigenvalue weighted by Crippen LogP contribution is -2.49. The van der Waals surface area contributed by atoms with Crippen LogP contribution in [-0.2, 0) is 20.4 Å². The van der Waals surface area contributed by atoms with Crippen LogP contribution in [0.25, 0.3) is 0 Å². The molecule has 33 heavy (non-hydrogen) atoms. The fourth-order valence-corrected chi connectivity index (χ4v) is 6.24. The van der Waals surface area contributed by atoms with Gasteiger partial charge in [0.05, 0.1) is 17.6 Å². The smallest absolute Gasteiger partial charge is 0.243 e. The van der Waals surface area contributed by atoms with E-state index in [4.69, 9.17) is 16.3 Å². The van der Waals surface area contributed by atoms with Gasteiger partial charge in [0.2, 0.25) is 15.9 Å². The summed E-state index contributed by atoms with van der Waals surface area (Å²) in [6.07, 6.45) is 1.91. The van der Waals surface area contributed by atoms with E-state index in [9.17, 15) is 18.3 Å². The Morgan fingerprint density at radius 1 is 1.00 bits per heavy atom. The van der Waals surface area contributed by atoms with Crippen LogP contribution in [0.15, 0.2) is 53.4 Å². The largest absolute Gasteiger partial charge is 0.497 e. The van der Waals surface area contributed by atoms with Crippen molar-refractivity contribution in [3.8, 4) is 5.75 Å². The molecule has 2 aromatic carbocycles. The first kappa shape index (κ1) is 24.0. The van der Waals surface area contributed by atoms with Crippen molar-refractivity contribution in [1.29, 1.82) is 0 Å². The van der Waals surface area contributed by atoms with E-state index in [0.717, 1.165) is 5.56 Å². The summed E-state index contributed by atoms with van der Waals surface area (Å²) in [5.41, 5.74) is -0.145. The number of nitrogens with zero attached hydrogens (tertiary/aromatic N) is 2. The first-order valence-corrected chi connectivity index (χ1v) is 13.0. The third-order valence-corrected chi connectivity index (χ3v) is 8.95. The second-order valence-electron chi connectivity index (χ2n) is 8.72. The van der Waals surface area contributed by atoms with Gasteiger partial charge in [0.15, 0.2) is 0 Å². The number of piperidine rings is 2. The van der Waals surface area contributed by atoms with E-state index in [-0.39, 0.29) is 16.7 Å². The van der Waals surface area contributed by atoms with Crippen molar-refractivity contribution in [1.82, 2.24) is 9.21 Å². The molecule has 0 bridgehead atoms. The molecule has 2 aliphatic rings. The van der Waals surface area contributed by atoms with Gasteiger partial charge in [-0.15, -0.1) is 0 Å². The Bertz CT molecular complexity index is 1070. The van der Waals surface area contributed by atoms with E-state index in [0.29, 0.717) is 62.6 Å². The molecule has 0 atom stereocenters. The summed E-state index contributed by atoms with van der Waals surface area (Å²) >= 11 is 5.95. The van der Waals surface area contributed by atoms with Crippen LogP contribution in [0.1, 0.15) is 31.2 Å². The summed E-state index contributed by atoms with van der Waals surface area (Å²) in [7, 11) is -2.07. The molecule has 178 valence electrons. The van der Waals surface area contributed by atoms with Gasteiger partial charge in [0.25, 0.3) is 0 Å². The monoisotopic (exact) mass is 492 g/mol. The van der Waals surface area contributed by atoms with Crippen LogP contribution in [0.4, 0.5) is 0 Å². The molecule has 0 aliphatic carbocycles. The maximum Gasteiger partial charge on any atom is 0.243 e. The van der Waals surface area contributed by atoms with Crippen LogP contribution >= 0.6 is 11.6 Å². The molecule has 2 fully saturated rings. The van der Waals surface area contributed by atoms with Crippen molar-refractivity contribution in [2.24, 2.45) is 5.92 Å². The van der Waals surface area contributed by atoms with E-state index < -0.39 is 15.6 Å². The molecule has 0 radical (unpaired) electrons. The maximum absolute atomic E-state index is 13.1. The average Bonchev–Trinajstić information content (AvgIpc) is 2.84. The lowest BCUT2D eigenvalue weighted by molar-refractivity contribution is -0.141. The van der Waals surface area contributed by atoms with Gasteiger partial charge in [-0.05, 0) is 67.6 Å². The number of rotatable bonds is 5. The highest BCUT2D eigenvalue weighted by atomic mass is 35.5. The van der Waals surface area contributed by atoms with E-state index >= 15 is 0 Å². The van der Waals surface area contributed by atoms with Gasteiger partial charge in [-0.25, -0.2) is 8.42 Å². The summed E-state index contributed by atoms with van der Waals surface area (Å²) in [5.74, 6) is 0.450. The number of hydrogen-bond donors (Lipinski definition) is 1. The summed E-state index contributed by atoms with van der Waals surface area (Å²) in [4.78, 5) is 15.1. The van der Waals surface area contributed by atoms with Gasteiger partial charge in [0, 0.05) is 37.1 Å². The molecule has 1 amide bonds. The van der Waals surface area contributed by atoms with E-state index in [2.05, 4.69) is 0 Å². The Morgan fingerprint density at radius 2 is 1.58 bits per heavy atom. The minimum atomic E-state index is -3.60.